The van der Waals surface area contributed by atoms with E-state index in [1.54, 1.807) is 0 Å². The van der Waals surface area contributed by atoms with Crippen LogP contribution in [0.15, 0.2) is 0 Å². The van der Waals surface area contributed by atoms with E-state index in [-0.39, 0.29) is 0 Å². The first kappa shape index (κ1) is 11.3. The number of nitrogens with zero attached hydrogens (tertiary/aromatic N) is 1. The zero-order valence-electron chi connectivity index (χ0n) is 11.2. The summed E-state index contributed by atoms with van der Waals surface area (Å²) >= 11 is 0. The summed E-state index contributed by atoms with van der Waals surface area (Å²) in [6.45, 7) is 4.40. The molecule has 2 aliphatic carbocycles. The Morgan fingerprint density at radius 1 is 1.11 bits per heavy atom. The Kier molecular flexibility index (Phi) is 2.48. The lowest BCUT2D eigenvalue weighted by atomic mass is 9.91. The van der Waals surface area contributed by atoms with Gasteiger partial charge in [-0.2, -0.15) is 0 Å². The van der Waals surface area contributed by atoms with Gasteiger partial charge in [0.05, 0.1) is 0 Å². The van der Waals surface area contributed by atoms with E-state index < -0.39 is 0 Å². The number of amides is 1. The quantitative estimate of drug-likeness (QED) is 0.765. The third kappa shape index (κ3) is 1.63. The average molecular weight is 248 g/mol. The molecule has 2 saturated carbocycles. The van der Waals surface area contributed by atoms with E-state index in [0.29, 0.717) is 17.2 Å². The number of fused-ring (bicyclic) bond motifs is 1. The summed E-state index contributed by atoms with van der Waals surface area (Å²) in [5.74, 6) is 2.58. The maximum atomic E-state index is 12.6. The number of nitrogens with one attached hydrogen (secondary N) is 1. The molecule has 100 valence electrons. The lowest BCUT2D eigenvalue weighted by Gasteiger charge is -2.25. The predicted octanol–water partition coefficient (Wildman–Crippen LogP) is 1.63. The van der Waals surface area contributed by atoms with Crippen molar-refractivity contribution in [1.29, 1.82) is 0 Å². The maximum absolute atomic E-state index is 12.6. The Hall–Kier alpha value is -0.570. The Balaban J connectivity index is 1.40. The molecule has 2 heterocycles. The molecule has 0 aromatic carbocycles. The second-order valence-corrected chi connectivity index (χ2v) is 7.06. The van der Waals surface area contributed by atoms with Crippen LogP contribution in [0.25, 0.3) is 0 Å². The maximum Gasteiger partial charge on any atom is 0.226 e. The summed E-state index contributed by atoms with van der Waals surface area (Å²) in [7, 11) is 0. The van der Waals surface area contributed by atoms with Crippen LogP contribution < -0.4 is 5.32 Å². The first-order chi connectivity index (χ1) is 8.78. The number of piperidine rings is 1. The molecule has 3 heteroatoms. The number of hydrogen-bond donors (Lipinski definition) is 1. The molecule has 1 amide bonds. The van der Waals surface area contributed by atoms with Crippen LogP contribution in [0.3, 0.4) is 0 Å². The van der Waals surface area contributed by atoms with Crippen LogP contribution in [-0.2, 0) is 4.79 Å². The molecule has 2 aliphatic heterocycles. The number of carbonyl (C=O) groups excluding carboxylic acids is 1. The topological polar surface area (TPSA) is 32.3 Å². The molecule has 0 bridgehead atoms. The van der Waals surface area contributed by atoms with Crippen molar-refractivity contribution in [3.63, 3.8) is 0 Å². The molecule has 4 aliphatic rings. The van der Waals surface area contributed by atoms with Crippen molar-refractivity contribution in [3.8, 4) is 0 Å². The number of carbonyl (C=O) groups is 1. The first-order valence-corrected chi connectivity index (χ1v) is 7.78. The van der Waals surface area contributed by atoms with Crippen LogP contribution in [0.1, 0.15) is 38.5 Å². The second kappa shape index (κ2) is 3.96. The predicted molar refractivity (Wildman–Crippen MR) is 70.1 cm³/mol. The fourth-order valence-corrected chi connectivity index (χ4v) is 4.81. The van der Waals surface area contributed by atoms with E-state index in [0.717, 1.165) is 38.0 Å². The van der Waals surface area contributed by atoms with E-state index in [4.69, 9.17) is 0 Å². The van der Waals surface area contributed by atoms with Gasteiger partial charge in [-0.3, -0.25) is 4.79 Å². The van der Waals surface area contributed by atoms with Crippen molar-refractivity contribution >= 4 is 5.91 Å². The zero-order valence-corrected chi connectivity index (χ0v) is 11.2. The molecule has 3 nitrogen and oxygen atoms in total. The van der Waals surface area contributed by atoms with Crippen molar-refractivity contribution in [2.45, 2.75) is 38.5 Å². The summed E-state index contributed by atoms with van der Waals surface area (Å²) in [5.41, 5.74) is 0.417. The van der Waals surface area contributed by atoms with Gasteiger partial charge in [0.25, 0.3) is 0 Å². The summed E-state index contributed by atoms with van der Waals surface area (Å²) in [6, 6.07) is 0. The molecule has 1 N–H and O–H groups in total. The molecule has 4 rings (SSSR count). The lowest BCUT2D eigenvalue weighted by molar-refractivity contribution is -0.132. The Morgan fingerprint density at radius 3 is 2.44 bits per heavy atom. The van der Waals surface area contributed by atoms with Crippen molar-refractivity contribution in [2.24, 2.45) is 23.2 Å². The molecule has 1 spiro atoms. The van der Waals surface area contributed by atoms with E-state index in [1.807, 2.05) is 0 Å². The number of hydrogen-bond acceptors (Lipinski definition) is 2. The molecule has 3 atom stereocenters. The minimum absolute atomic E-state index is 0.387. The molecule has 4 fully saturated rings. The summed E-state index contributed by atoms with van der Waals surface area (Å²) in [5, 5.41) is 3.42. The van der Waals surface area contributed by atoms with E-state index in [9.17, 15) is 4.79 Å². The van der Waals surface area contributed by atoms with Gasteiger partial charge in [0.15, 0.2) is 0 Å². The van der Waals surface area contributed by atoms with Gasteiger partial charge in [-0.1, -0.05) is 6.42 Å². The summed E-state index contributed by atoms with van der Waals surface area (Å²) in [4.78, 5) is 14.8. The Bertz CT molecular complexity index is 346. The summed E-state index contributed by atoms with van der Waals surface area (Å²) in [6.07, 6.45) is 7.77. The van der Waals surface area contributed by atoms with Gasteiger partial charge in [-0.05, 0) is 62.4 Å². The van der Waals surface area contributed by atoms with Gasteiger partial charge in [-0.25, -0.2) is 0 Å². The van der Waals surface area contributed by atoms with Crippen molar-refractivity contribution < 1.29 is 4.79 Å². The molecular formula is C15H24N2O. The van der Waals surface area contributed by atoms with Gasteiger partial charge in [-0.15, -0.1) is 0 Å². The van der Waals surface area contributed by atoms with E-state index >= 15 is 0 Å². The van der Waals surface area contributed by atoms with Crippen molar-refractivity contribution in [3.05, 3.63) is 0 Å². The highest BCUT2D eigenvalue weighted by Crippen LogP contribution is 2.59. The third-order valence-corrected chi connectivity index (χ3v) is 6.13. The molecular weight excluding hydrogens is 224 g/mol. The van der Waals surface area contributed by atoms with Crippen LogP contribution in [0.5, 0.6) is 0 Å². The monoisotopic (exact) mass is 248 g/mol. The average Bonchev–Trinajstić information content (AvgIpc) is 2.76. The second-order valence-electron chi connectivity index (χ2n) is 7.06. The summed E-state index contributed by atoms with van der Waals surface area (Å²) < 4.78 is 0. The fraction of sp³-hybridized carbons (Fsp3) is 0.933. The number of likely N-dealkylation sites (tertiary alicyclic amines) is 1. The van der Waals surface area contributed by atoms with E-state index in [1.165, 1.54) is 38.5 Å². The lowest BCUT2D eigenvalue weighted by Crippen LogP contribution is -2.35. The third-order valence-electron chi connectivity index (χ3n) is 6.13. The largest absolute Gasteiger partial charge is 0.342 e. The van der Waals surface area contributed by atoms with Crippen LogP contribution in [0.4, 0.5) is 0 Å². The van der Waals surface area contributed by atoms with Crippen molar-refractivity contribution in [1.82, 2.24) is 10.2 Å². The molecule has 0 radical (unpaired) electrons. The minimum Gasteiger partial charge on any atom is -0.342 e. The Labute approximate surface area is 109 Å². The van der Waals surface area contributed by atoms with Crippen LogP contribution in [-0.4, -0.2) is 37.0 Å². The normalized spacial score (nSPS) is 41.1. The molecule has 0 aromatic heterocycles. The van der Waals surface area contributed by atoms with Crippen LogP contribution >= 0.6 is 0 Å². The first-order valence-electron chi connectivity index (χ1n) is 7.78. The van der Waals surface area contributed by atoms with E-state index in [2.05, 4.69) is 10.2 Å². The van der Waals surface area contributed by atoms with Gasteiger partial charge < -0.3 is 10.2 Å². The van der Waals surface area contributed by atoms with Crippen LogP contribution in [0, 0.1) is 23.2 Å². The SMILES string of the molecule is O=C(C1CC12CCNCC2)N1CC2CCCC2C1. The standard InChI is InChI=1S/C15H24N2O/c18-14(13-8-15(13)4-6-16-7-5-15)17-9-11-2-1-3-12(11)10-17/h11-13,16H,1-10H2. The van der Waals surface area contributed by atoms with Crippen molar-refractivity contribution in [2.75, 3.05) is 26.2 Å². The van der Waals surface area contributed by atoms with Gasteiger partial charge >= 0.3 is 0 Å². The highest BCUT2D eigenvalue weighted by Gasteiger charge is 2.59. The fourth-order valence-electron chi connectivity index (χ4n) is 4.81. The number of rotatable bonds is 1. The highest BCUT2D eigenvalue weighted by molar-refractivity contribution is 5.83. The highest BCUT2D eigenvalue weighted by atomic mass is 16.2. The molecule has 18 heavy (non-hydrogen) atoms. The van der Waals surface area contributed by atoms with Crippen LogP contribution in [0.2, 0.25) is 0 Å². The van der Waals surface area contributed by atoms with Gasteiger partial charge in [0.1, 0.15) is 0 Å². The zero-order chi connectivity index (χ0) is 12.2. The molecule has 3 unspecified atom stereocenters. The molecule has 0 aromatic rings. The van der Waals surface area contributed by atoms with Gasteiger partial charge in [0.2, 0.25) is 5.91 Å². The van der Waals surface area contributed by atoms with Gasteiger partial charge in [0, 0.05) is 19.0 Å². The minimum atomic E-state index is 0.387. The Morgan fingerprint density at radius 2 is 1.78 bits per heavy atom. The molecule has 2 saturated heterocycles. The smallest absolute Gasteiger partial charge is 0.226 e.